The largest absolute Gasteiger partial charge is 0.312 e. The quantitative estimate of drug-likeness (QED) is 0.746. The van der Waals surface area contributed by atoms with Crippen molar-refractivity contribution in [1.29, 1.82) is 0 Å². The molecule has 0 radical (unpaired) electrons. The molecule has 0 saturated carbocycles. The Kier molecular flexibility index (Phi) is 6.73. The smallest absolute Gasteiger partial charge is 0.211 e. The fourth-order valence-electron chi connectivity index (χ4n) is 2.36. The molecule has 1 saturated heterocycles. The molecule has 6 heteroatoms. The van der Waals surface area contributed by atoms with Crippen LogP contribution in [-0.4, -0.2) is 69.2 Å². The first-order chi connectivity index (χ1) is 8.84. The van der Waals surface area contributed by atoms with Crippen LogP contribution in [0.2, 0.25) is 0 Å². The summed E-state index contributed by atoms with van der Waals surface area (Å²) < 4.78 is 24.5. The molecule has 0 aromatic rings. The molecule has 0 aromatic heterocycles. The van der Waals surface area contributed by atoms with Crippen LogP contribution in [-0.2, 0) is 10.0 Å². The molecule has 0 amide bonds. The van der Waals surface area contributed by atoms with E-state index < -0.39 is 10.0 Å². The fourth-order valence-corrected chi connectivity index (χ4v) is 3.19. The van der Waals surface area contributed by atoms with Crippen molar-refractivity contribution in [2.75, 3.05) is 45.5 Å². The maximum absolute atomic E-state index is 11.5. The second kappa shape index (κ2) is 7.57. The summed E-state index contributed by atoms with van der Waals surface area (Å²) in [5.41, 5.74) is 0. The van der Waals surface area contributed by atoms with Crippen molar-refractivity contribution in [2.24, 2.45) is 5.92 Å². The number of hydrogen-bond donors (Lipinski definition) is 1. The Labute approximate surface area is 118 Å². The molecule has 1 N–H and O–H groups in total. The third-order valence-electron chi connectivity index (χ3n) is 3.72. The summed E-state index contributed by atoms with van der Waals surface area (Å²) in [5.74, 6) is 0.597. The van der Waals surface area contributed by atoms with Gasteiger partial charge in [0.05, 0.1) is 6.26 Å². The normalized spacial score (nSPS) is 20.9. The van der Waals surface area contributed by atoms with E-state index in [1.165, 1.54) is 6.26 Å². The van der Waals surface area contributed by atoms with Gasteiger partial charge in [0.15, 0.2) is 0 Å². The minimum absolute atomic E-state index is 0.490. The maximum Gasteiger partial charge on any atom is 0.211 e. The molecule has 19 heavy (non-hydrogen) atoms. The van der Waals surface area contributed by atoms with Crippen LogP contribution in [0, 0.1) is 5.92 Å². The predicted molar refractivity (Wildman–Crippen MR) is 79.8 cm³/mol. The van der Waals surface area contributed by atoms with Crippen LogP contribution < -0.4 is 5.32 Å². The van der Waals surface area contributed by atoms with Gasteiger partial charge in [-0.3, -0.25) is 4.90 Å². The van der Waals surface area contributed by atoms with Crippen molar-refractivity contribution in [2.45, 2.75) is 33.2 Å². The van der Waals surface area contributed by atoms with Crippen molar-refractivity contribution in [3.8, 4) is 0 Å². The van der Waals surface area contributed by atoms with E-state index >= 15 is 0 Å². The summed E-state index contributed by atoms with van der Waals surface area (Å²) >= 11 is 0. The topological polar surface area (TPSA) is 52.6 Å². The van der Waals surface area contributed by atoms with Crippen LogP contribution in [0.3, 0.4) is 0 Å². The van der Waals surface area contributed by atoms with Gasteiger partial charge >= 0.3 is 0 Å². The molecule has 0 aliphatic carbocycles. The molecule has 1 fully saturated rings. The van der Waals surface area contributed by atoms with Crippen molar-refractivity contribution in [3.05, 3.63) is 0 Å². The monoisotopic (exact) mass is 291 g/mol. The summed E-state index contributed by atoms with van der Waals surface area (Å²) in [6.45, 7) is 11.6. The molecule has 1 rings (SSSR count). The minimum atomic E-state index is -3.02. The Morgan fingerprint density at radius 1 is 1.16 bits per heavy atom. The van der Waals surface area contributed by atoms with Gasteiger partial charge in [-0.2, -0.15) is 4.31 Å². The second-order valence-corrected chi connectivity index (χ2v) is 7.75. The van der Waals surface area contributed by atoms with E-state index in [0.717, 1.165) is 32.6 Å². The van der Waals surface area contributed by atoms with Crippen LogP contribution in [0.5, 0.6) is 0 Å². The van der Waals surface area contributed by atoms with Crippen molar-refractivity contribution in [1.82, 2.24) is 14.5 Å². The lowest BCUT2D eigenvalue weighted by Gasteiger charge is -2.36. The maximum atomic E-state index is 11.5. The Bertz CT molecular complexity index is 349. The molecule has 0 bridgehead atoms. The van der Waals surface area contributed by atoms with Crippen molar-refractivity contribution < 1.29 is 8.42 Å². The van der Waals surface area contributed by atoms with Gasteiger partial charge in [0.1, 0.15) is 0 Å². The average molecular weight is 291 g/mol. The SMILES string of the molecule is CCCNC(CN1CCN(S(C)(=O)=O)CC1)C(C)C. The highest BCUT2D eigenvalue weighted by molar-refractivity contribution is 7.88. The van der Waals surface area contributed by atoms with Crippen molar-refractivity contribution >= 4 is 10.0 Å². The van der Waals surface area contributed by atoms with Gasteiger partial charge in [-0.25, -0.2) is 8.42 Å². The fraction of sp³-hybridized carbons (Fsp3) is 1.00. The first-order valence-electron chi connectivity index (χ1n) is 7.25. The molecule has 1 aliphatic heterocycles. The Balaban J connectivity index is 2.42. The van der Waals surface area contributed by atoms with E-state index in [1.807, 2.05) is 0 Å². The summed E-state index contributed by atoms with van der Waals surface area (Å²) in [4.78, 5) is 2.37. The first kappa shape index (κ1) is 16.9. The summed E-state index contributed by atoms with van der Waals surface area (Å²) in [6.07, 6.45) is 2.44. The van der Waals surface area contributed by atoms with Gasteiger partial charge in [-0.05, 0) is 18.9 Å². The van der Waals surface area contributed by atoms with Crippen LogP contribution in [0.4, 0.5) is 0 Å². The highest BCUT2D eigenvalue weighted by Gasteiger charge is 2.25. The van der Waals surface area contributed by atoms with E-state index in [9.17, 15) is 8.42 Å². The molecule has 114 valence electrons. The van der Waals surface area contributed by atoms with Gasteiger partial charge in [-0.15, -0.1) is 0 Å². The molecule has 0 spiro atoms. The zero-order valence-electron chi connectivity index (χ0n) is 12.7. The predicted octanol–water partition coefficient (Wildman–Crippen LogP) is 0.588. The van der Waals surface area contributed by atoms with Gasteiger partial charge in [0, 0.05) is 38.8 Å². The summed E-state index contributed by atoms with van der Waals surface area (Å²) in [6, 6.07) is 0.490. The number of hydrogen-bond acceptors (Lipinski definition) is 4. The minimum Gasteiger partial charge on any atom is -0.312 e. The second-order valence-electron chi connectivity index (χ2n) is 5.77. The zero-order valence-corrected chi connectivity index (χ0v) is 13.5. The third-order valence-corrected chi connectivity index (χ3v) is 5.02. The van der Waals surface area contributed by atoms with E-state index in [1.54, 1.807) is 4.31 Å². The van der Waals surface area contributed by atoms with Crippen LogP contribution in [0.25, 0.3) is 0 Å². The molecule has 1 atom stereocenters. The lowest BCUT2D eigenvalue weighted by atomic mass is 10.0. The number of sulfonamides is 1. The highest BCUT2D eigenvalue weighted by Crippen LogP contribution is 2.09. The first-order valence-corrected chi connectivity index (χ1v) is 9.10. The average Bonchev–Trinajstić information content (AvgIpc) is 2.33. The molecule has 1 aliphatic rings. The molecule has 5 nitrogen and oxygen atoms in total. The Morgan fingerprint density at radius 2 is 1.74 bits per heavy atom. The van der Waals surface area contributed by atoms with Gasteiger partial charge in [0.25, 0.3) is 0 Å². The van der Waals surface area contributed by atoms with Gasteiger partial charge < -0.3 is 5.32 Å². The van der Waals surface area contributed by atoms with Gasteiger partial charge in [-0.1, -0.05) is 20.8 Å². The summed E-state index contributed by atoms with van der Waals surface area (Å²) in [7, 11) is -3.02. The lowest BCUT2D eigenvalue weighted by molar-refractivity contribution is 0.160. The molecule has 1 heterocycles. The van der Waals surface area contributed by atoms with E-state index in [2.05, 4.69) is 31.0 Å². The van der Waals surface area contributed by atoms with Crippen LogP contribution in [0.15, 0.2) is 0 Å². The van der Waals surface area contributed by atoms with E-state index in [4.69, 9.17) is 0 Å². The van der Waals surface area contributed by atoms with Crippen LogP contribution in [0.1, 0.15) is 27.2 Å². The number of nitrogens with one attached hydrogen (secondary N) is 1. The zero-order chi connectivity index (χ0) is 14.5. The number of rotatable bonds is 7. The van der Waals surface area contributed by atoms with Gasteiger partial charge in [0.2, 0.25) is 10.0 Å². The molecule has 1 unspecified atom stereocenters. The molecular formula is C13H29N3O2S. The highest BCUT2D eigenvalue weighted by atomic mass is 32.2. The number of piperazine rings is 1. The van der Waals surface area contributed by atoms with E-state index in [-0.39, 0.29) is 0 Å². The standard InChI is InChI=1S/C13H29N3O2S/c1-5-6-14-13(12(2)3)11-15-7-9-16(10-8-15)19(4,17)18/h12-14H,5-11H2,1-4H3. The lowest BCUT2D eigenvalue weighted by Crippen LogP contribution is -2.52. The molecule has 0 aromatic carbocycles. The van der Waals surface area contributed by atoms with E-state index in [0.29, 0.717) is 25.0 Å². The number of nitrogens with zero attached hydrogens (tertiary/aromatic N) is 2. The molecular weight excluding hydrogens is 262 g/mol. The Hall–Kier alpha value is -0.170. The Morgan fingerprint density at radius 3 is 2.16 bits per heavy atom. The summed E-state index contributed by atoms with van der Waals surface area (Å²) in [5, 5.41) is 3.58. The third kappa shape index (κ3) is 5.77. The van der Waals surface area contributed by atoms with Crippen LogP contribution >= 0.6 is 0 Å². The van der Waals surface area contributed by atoms with Crippen molar-refractivity contribution in [3.63, 3.8) is 0 Å².